The van der Waals surface area contributed by atoms with Gasteiger partial charge >= 0.3 is 0 Å². The predicted octanol–water partition coefficient (Wildman–Crippen LogP) is 3.66. The van der Waals surface area contributed by atoms with Crippen molar-refractivity contribution in [3.8, 4) is 0 Å². The number of fused-ring (bicyclic) bond motifs is 1. The predicted molar refractivity (Wildman–Crippen MR) is 101 cm³/mol. The molecule has 26 heavy (non-hydrogen) atoms. The Bertz CT molecular complexity index is 952. The lowest BCUT2D eigenvalue weighted by atomic mass is 10.1. The zero-order chi connectivity index (χ0) is 18.1. The molecular weight excluding hydrogens is 331 g/mol. The summed E-state index contributed by atoms with van der Waals surface area (Å²) in [5.74, 6) is 0.0814. The van der Waals surface area contributed by atoms with Crippen LogP contribution in [-0.4, -0.2) is 28.5 Å². The number of amides is 1. The number of nitrogens with one attached hydrogen (secondary N) is 1. The van der Waals surface area contributed by atoms with Gasteiger partial charge in [-0.2, -0.15) is 0 Å². The molecule has 1 aliphatic heterocycles. The molecule has 1 atom stereocenters. The van der Waals surface area contributed by atoms with E-state index in [0.29, 0.717) is 31.1 Å². The molecule has 134 valence electrons. The third-order valence-corrected chi connectivity index (χ3v) is 4.96. The molecule has 1 fully saturated rings. The first-order valence-electron chi connectivity index (χ1n) is 8.93. The van der Waals surface area contributed by atoms with Crippen molar-refractivity contribution in [2.45, 2.75) is 19.9 Å². The Morgan fingerprint density at radius 2 is 2.00 bits per heavy atom. The zero-order valence-electron chi connectivity index (χ0n) is 14.7. The zero-order valence-corrected chi connectivity index (χ0v) is 14.7. The molecule has 1 N–H and O–H groups in total. The largest absolute Gasteiger partial charge is 0.368 e. The highest BCUT2D eigenvalue weighted by Gasteiger charge is 2.30. The second-order valence-corrected chi connectivity index (χ2v) is 6.54. The lowest BCUT2D eigenvalue weighted by molar-refractivity contribution is -0.119. The summed E-state index contributed by atoms with van der Waals surface area (Å²) in [5.41, 5.74) is 2.43. The Labute approximate surface area is 151 Å². The Kier molecular flexibility index (Phi) is 4.32. The van der Waals surface area contributed by atoms with Crippen molar-refractivity contribution in [3.05, 3.63) is 54.3 Å². The number of benzene rings is 2. The molecule has 0 radical (unpaired) electrons. The Balaban J connectivity index is 1.50. The molecule has 2 aromatic carbocycles. The van der Waals surface area contributed by atoms with E-state index in [1.807, 2.05) is 46.7 Å². The molecule has 2 heterocycles. The van der Waals surface area contributed by atoms with Crippen molar-refractivity contribution >= 4 is 28.6 Å². The molecule has 0 bridgehead atoms. The molecule has 0 aliphatic carbocycles. The van der Waals surface area contributed by atoms with Gasteiger partial charge in [-0.3, -0.25) is 10.1 Å². The fourth-order valence-corrected chi connectivity index (χ4v) is 3.60. The molecule has 1 amide bonds. The second kappa shape index (κ2) is 6.78. The molecule has 5 nitrogen and oxygen atoms in total. The molecular formula is C20H21FN4O. The molecule has 1 aliphatic rings. The van der Waals surface area contributed by atoms with Crippen LogP contribution in [0.1, 0.15) is 13.3 Å². The molecule has 1 aromatic heterocycles. The van der Waals surface area contributed by atoms with E-state index in [0.717, 1.165) is 17.6 Å². The number of imidazole rings is 1. The maximum Gasteiger partial charge on any atom is 0.231 e. The van der Waals surface area contributed by atoms with Gasteiger partial charge in [-0.05, 0) is 37.6 Å². The van der Waals surface area contributed by atoms with Crippen LogP contribution in [0, 0.1) is 11.7 Å². The summed E-state index contributed by atoms with van der Waals surface area (Å²) in [4.78, 5) is 19.2. The summed E-state index contributed by atoms with van der Waals surface area (Å²) in [5, 5.41) is 2.97. The molecule has 0 spiro atoms. The third-order valence-electron chi connectivity index (χ3n) is 4.96. The minimum Gasteiger partial charge on any atom is -0.368 e. The lowest BCUT2D eigenvalue weighted by Gasteiger charge is -2.19. The highest BCUT2D eigenvalue weighted by atomic mass is 19.1. The summed E-state index contributed by atoms with van der Waals surface area (Å²) >= 11 is 0. The summed E-state index contributed by atoms with van der Waals surface area (Å²) in [6.45, 7) is 3.93. The van der Waals surface area contributed by atoms with Crippen molar-refractivity contribution in [3.63, 3.8) is 0 Å². The van der Waals surface area contributed by atoms with Crippen LogP contribution in [0.4, 0.5) is 16.0 Å². The summed E-state index contributed by atoms with van der Waals surface area (Å²) in [7, 11) is 0. The summed E-state index contributed by atoms with van der Waals surface area (Å²) in [6.07, 6.45) is 0.701. The smallest absolute Gasteiger partial charge is 0.231 e. The van der Waals surface area contributed by atoms with Crippen LogP contribution in [0.5, 0.6) is 0 Å². The van der Waals surface area contributed by atoms with E-state index in [-0.39, 0.29) is 17.6 Å². The normalized spacial score (nSPS) is 17.0. The van der Waals surface area contributed by atoms with Gasteiger partial charge < -0.3 is 9.47 Å². The van der Waals surface area contributed by atoms with E-state index in [2.05, 4.69) is 10.3 Å². The standard InChI is InChI=1S/C20H21FN4O/c1-2-25-18-10-6-4-8-16(18)22-20(25)23-19(26)14-11-12-24(13-14)17-9-5-3-7-15(17)21/h3-10,14H,2,11-13H2,1H3,(H,22,23,26). The highest BCUT2D eigenvalue weighted by Crippen LogP contribution is 2.27. The van der Waals surface area contributed by atoms with Gasteiger partial charge in [0, 0.05) is 19.6 Å². The van der Waals surface area contributed by atoms with Gasteiger partial charge in [0.25, 0.3) is 0 Å². The van der Waals surface area contributed by atoms with Gasteiger partial charge in [-0.15, -0.1) is 0 Å². The van der Waals surface area contributed by atoms with Gasteiger partial charge in [0.05, 0.1) is 22.6 Å². The Morgan fingerprint density at radius 1 is 1.23 bits per heavy atom. The number of hydrogen-bond acceptors (Lipinski definition) is 3. The van der Waals surface area contributed by atoms with Crippen LogP contribution in [0.15, 0.2) is 48.5 Å². The highest BCUT2D eigenvalue weighted by molar-refractivity contribution is 5.93. The van der Waals surface area contributed by atoms with Crippen molar-refractivity contribution < 1.29 is 9.18 Å². The summed E-state index contributed by atoms with van der Waals surface area (Å²) in [6, 6.07) is 14.5. The average Bonchev–Trinajstić information content (AvgIpc) is 3.26. The number of rotatable bonds is 4. The van der Waals surface area contributed by atoms with Crippen LogP contribution in [0.2, 0.25) is 0 Å². The SMILES string of the molecule is CCn1c(NC(=O)C2CCN(c3ccccc3F)C2)nc2ccccc21. The maximum atomic E-state index is 14.0. The van der Waals surface area contributed by atoms with Gasteiger partial charge in [-0.25, -0.2) is 9.37 Å². The first-order chi connectivity index (χ1) is 12.7. The van der Waals surface area contributed by atoms with Gasteiger partial charge in [-0.1, -0.05) is 24.3 Å². The van der Waals surface area contributed by atoms with Gasteiger partial charge in [0.2, 0.25) is 11.9 Å². The Morgan fingerprint density at radius 3 is 2.81 bits per heavy atom. The number of hydrogen-bond donors (Lipinski definition) is 1. The second-order valence-electron chi connectivity index (χ2n) is 6.54. The number of para-hydroxylation sites is 3. The number of carbonyl (C=O) groups excluding carboxylic acids is 1. The van der Waals surface area contributed by atoms with Crippen molar-refractivity contribution in [1.29, 1.82) is 0 Å². The lowest BCUT2D eigenvalue weighted by Crippen LogP contribution is -2.28. The fourth-order valence-electron chi connectivity index (χ4n) is 3.60. The molecule has 1 unspecified atom stereocenters. The van der Waals surface area contributed by atoms with Gasteiger partial charge in [0.1, 0.15) is 5.82 Å². The number of anilines is 2. The quantitative estimate of drug-likeness (QED) is 0.780. The molecule has 3 aromatic rings. The average molecular weight is 352 g/mol. The van der Waals surface area contributed by atoms with E-state index in [1.165, 1.54) is 6.07 Å². The van der Waals surface area contributed by atoms with Crippen LogP contribution in [-0.2, 0) is 11.3 Å². The van der Waals surface area contributed by atoms with Crippen molar-refractivity contribution in [2.24, 2.45) is 5.92 Å². The minimum atomic E-state index is -0.249. The first-order valence-corrected chi connectivity index (χ1v) is 8.93. The number of aromatic nitrogens is 2. The van der Waals surface area contributed by atoms with Gasteiger partial charge in [0.15, 0.2) is 0 Å². The van der Waals surface area contributed by atoms with Crippen LogP contribution in [0.3, 0.4) is 0 Å². The van der Waals surface area contributed by atoms with E-state index in [9.17, 15) is 9.18 Å². The van der Waals surface area contributed by atoms with Crippen molar-refractivity contribution in [1.82, 2.24) is 9.55 Å². The van der Waals surface area contributed by atoms with E-state index in [4.69, 9.17) is 0 Å². The first kappa shape index (κ1) is 16.6. The molecule has 1 saturated heterocycles. The summed E-state index contributed by atoms with van der Waals surface area (Å²) < 4.78 is 16.0. The minimum absolute atomic E-state index is 0.0613. The van der Waals surface area contributed by atoms with Crippen molar-refractivity contribution in [2.75, 3.05) is 23.3 Å². The Hall–Kier alpha value is -2.89. The number of nitrogens with zero attached hydrogens (tertiary/aromatic N) is 3. The van der Waals surface area contributed by atoms with Crippen LogP contribution in [0.25, 0.3) is 11.0 Å². The monoisotopic (exact) mass is 352 g/mol. The number of carbonyl (C=O) groups is 1. The molecule has 6 heteroatoms. The topological polar surface area (TPSA) is 50.2 Å². The van der Waals surface area contributed by atoms with E-state index >= 15 is 0 Å². The van der Waals surface area contributed by atoms with E-state index in [1.54, 1.807) is 12.1 Å². The maximum absolute atomic E-state index is 14.0. The fraction of sp³-hybridized carbons (Fsp3) is 0.300. The molecule has 4 rings (SSSR count). The van der Waals surface area contributed by atoms with Crippen LogP contribution < -0.4 is 10.2 Å². The molecule has 0 saturated carbocycles. The van der Waals surface area contributed by atoms with E-state index < -0.39 is 0 Å². The van der Waals surface area contributed by atoms with Crippen LogP contribution >= 0.6 is 0 Å². The number of halogens is 1. The third kappa shape index (κ3) is 2.92. The number of aryl methyl sites for hydroxylation is 1.